The van der Waals surface area contributed by atoms with E-state index in [1.165, 1.54) is 0 Å². The van der Waals surface area contributed by atoms with E-state index in [1.54, 1.807) is 6.92 Å². The van der Waals surface area contributed by atoms with Crippen LogP contribution in [0, 0.1) is 17.3 Å². The molecule has 0 spiro atoms. The Kier molecular flexibility index (Phi) is 6.29. The summed E-state index contributed by atoms with van der Waals surface area (Å²) in [7, 11) is 0. The van der Waals surface area contributed by atoms with Gasteiger partial charge in [0.15, 0.2) is 5.60 Å². The number of rotatable bonds is 5. The van der Waals surface area contributed by atoms with E-state index in [4.69, 9.17) is 9.78 Å². The Morgan fingerprint density at radius 3 is 1.75 bits per heavy atom. The molecule has 0 bridgehead atoms. The lowest BCUT2D eigenvalue weighted by molar-refractivity contribution is -0.389. The smallest absolute Gasteiger partial charge is 0.158 e. The standard InChI is InChI=1S/C17H32O3/c1-10-11-15(5,6)19-20-16(7,8)12-13-17(9,18)14(2,3)4/h18H,10-11H2,1-9H3/t17-/m1/s1. The van der Waals surface area contributed by atoms with E-state index in [2.05, 4.69) is 18.8 Å². The maximum Gasteiger partial charge on any atom is 0.158 e. The van der Waals surface area contributed by atoms with E-state index in [0.717, 1.165) is 12.8 Å². The van der Waals surface area contributed by atoms with Crippen LogP contribution in [0.4, 0.5) is 0 Å². The number of hydrogen-bond acceptors (Lipinski definition) is 3. The van der Waals surface area contributed by atoms with E-state index in [1.807, 2.05) is 48.5 Å². The van der Waals surface area contributed by atoms with Gasteiger partial charge in [-0.2, -0.15) is 0 Å². The molecule has 0 unspecified atom stereocenters. The van der Waals surface area contributed by atoms with Crippen LogP contribution < -0.4 is 0 Å². The molecule has 0 amide bonds. The molecule has 20 heavy (non-hydrogen) atoms. The summed E-state index contributed by atoms with van der Waals surface area (Å²) >= 11 is 0. The molecule has 0 fully saturated rings. The van der Waals surface area contributed by atoms with Gasteiger partial charge in [0.05, 0.1) is 5.60 Å². The van der Waals surface area contributed by atoms with Crippen LogP contribution in [0.5, 0.6) is 0 Å². The summed E-state index contributed by atoms with van der Waals surface area (Å²) < 4.78 is 0. The largest absolute Gasteiger partial charge is 0.377 e. The Morgan fingerprint density at radius 1 is 0.850 bits per heavy atom. The third-order valence-corrected chi connectivity index (χ3v) is 3.39. The summed E-state index contributed by atoms with van der Waals surface area (Å²) in [4.78, 5) is 11.0. The first-order valence-electron chi connectivity index (χ1n) is 7.36. The fraction of sp³-hybridized carbons (Fsp3) is 0.882. The summed E-state index contributed by atoms with van der Waals surface area (Å²) in [6.07, 6.45) is 1.94. The zero-order valence-electron chi connectivity index (χ0n) is 14.7. The molecule has 118 valence electrons. The maximum atomic E-state index is 10.4. The van der Waals surface area contributed by atoms with E-state index in [0.29, 0.717) is 0 Å². The van der Waals surface area contributed by atoms with Gasteiger partial charge in [0.2, 0.25) is 0 Å². The molecule has 3 heteroatoms. The molecule has 0 aliphatic carbocycles. The average molecular weight is 284 g/mol. The Morgan fingerprint density at radius 2 is 1.35 bits per heavy atom. The minimum Gasteiger partial charge on any atom is -0.377 e. The van der Waals surface area contributed by atoms with Gasteiger partial charge in [-0.1, -0.05) is 46.0 Å². The molecule has 1 N–H and O–H groups in total. The quantitative estimate of drug-likeness (QED) is 0.469. The van der Waals surface area contributed by atoms with Crippen LogP contribution in [0.25, 0.3) is 0 Å². The van der Waals surface area contributed by atoms with E-state index in [-0.39, 0.29) is 11.0 Å². The predicted octanol–water partition coefficient (Wildman–Crippen LogP) is 4.09. The van der Waals surface area contributed by atoms with Crippen molar-refractivity contribution in [2.45, 2.75) is 92.0 Å². The van der Waals surface area contributed by atoms with Crippen molar-refractivity contribution in [3.8, 4) is 11.8 Å². The van der Waals surface area contributed by atoms with E-state index < -0.39 is 11.2 Å². The van der Waals surface area contributed by atoms with Gasteiger partial charge in [-0.15, -0.1) is 0 Å². The Bertz CT molecular complexity index is 362. The summed E-state index contributed by atoms with van der Waals surface area (Å²) in [6, 6.07) is 0. The fourth-order valence-corrected chi connectivity index (χ4v) is 1.34. The van der Waals surface area contributed by atoms with Crippen LogP contribution in [0.3, 0.4) is 0 Å². The molecule has 0 heterocycles. The zero-order valence-corrected chi connectivity index (χ0v) is 14.7. The summed E-state index contributed by atoms with van der Waals surface area (Å²) in [5, 5.41) is 10.4. The van der Waals surface area contributed by atoms with Gasteiger partial charge in [0.25, 0.3) is 0 Å². The van der Waals surface area contributed by atoms with Crippen molar-refractivity contribution in [1.29, 1.82) is 0 Å². The minimum atomic E-state index is -1.08. The second kappa shape index (κ2) is 6.47. The monoisotopic (exact) mass is 284 g/mol. The number of aliphatic hydroxyl groups is 1. The van der Waals surface area contributed by atoms with Crippen molar-refractivity contribution in [1.82, 2.24) is 0 Å². The topological polar surface area (TPSA) is 38.7 Å². The van der Waals surface area contributed by atoms with E-state index >= 15 is 0 Å². The lowest BCUT2D eigenvalue weighted by Gasteiger charge is -2.33. The first-order chi connectivity index (χ1) is 8.72. The Hall–Kier alpha value is -0.560. The highest BCUT2D eigenvalue weighted by Crippen LogP contribution is 2.29. The lowest BCUT2D eigenvalue weighted by Crippen LogP contribution is -2.39. The van der Waals surface area contributed by atoms with Gasteiger partial charge in [-0.05, 0) is 41.0 Å². The van der Waals surface area contributed by atoms with Gasteiger partial charge < -0.3 is 5.11 Å². The van der Waals surface area contributed by atoms with Crippen molar-refractivity contribution in [2.24, 2.45) is 5.41 Å². The minimum absolute atomic E-state index is 0.321. The average Bonchev–Trinajstić information content (AvgIpc) is 2.23. The first-order valence-corrected chi connectivity index (χ1v) is 7.36. The normalized spacial score (nSPS) is 16.3. The van der Waals surface area contributed by atoms with Crippen LogP contribution >= 0.6 is 0 Å². The van der Waals surface area contributed by atoms with Crippen LogP contribution in [-0.4, -0.2) is 21.9 Å². The summed E-state index contributed by atoms with van der Waals surface area (Å²) in [5.74, 6) is 5.88. The second-order valence-corrected chi connectivity index (χ2v) is 7.76. The molecule has 0 aliphatic rings. The molecule has 0 saturated heterocycles. The van der Waals surface area contributed by atoms with Crippen LogP contribution in [0.15, 0.2) is 0 Å². The second-order valence-electron chi connectivity index (χ2n) is 7.76. The van der Waals surface area contributed by atoms with Gasteiger partial charge >= 0.3 is 0 Å². The molecular weight excluding hydrogens is 252 g/mol. The van der Waals surface area contributed by atoms with Crippen LogP contribution in [0.1, 0.15) is 75.2 Å². The summed E-state index contributed by atoms with van der Waals surface area (Å²) in [5.41, 5.74) is -2.49. The fourth-order valence-electron chi connectivity index (χ4n) is 1.34. The molecule has 0 aromatic rings. The number of hydrogen-bond donors (Lipinski definition) is 1. The highest BCUT2D eigenvalue weighted by atomic mass is 17.2. The van der Waals surface area contributed by atoms with Crippen LogP contribution in [0.2, 0.25) is 0 Å². The molecule has 1 atom stereocenters. The lowest BCUT2D eigenvalue weighted by atomic mass is 9.78. The van der Waals surface area contributed by atoms with Crippen molar-refractivity contribution in [3.05, 3.63) is 0 Å². The molecule has 0 aromatic heterocycles. The molecule has 0 rings (SSSR count). The summed E-state index contributed by atoms with van der Waals surface area (Å²) in [6.45, 7) is 17.3. The van der Waals surface area contributed by atoms with Gasteiger partial charge in [-0.25, -0.2) is 9.78 Å². The van der Waals surface area contributed by atoms with E-state index in [9.17, 15) is 5.11 Å². The van der Waals surface area contributed by atoms with Crippen molar-refractivity contribution >= 4 is 0 Å². The van der Waals surface area contributed by atoms with Gasteiger partial charge in [0, 0.05) is 5.41 Å². The Balaban J connectivity index is 4.78. The molecule has 0 radical (unpaired) electrons. The molecule has 0 aliphatic heterocycles. The predicted molar refractivity (Wildman–Crippen MR) is 83.1 cm³/mol. The third-order valence-electron chi connectivity index (χ3n) is 3.39. The molecular formula is C17H32O3. The van der Waals surface area contributed by atoms with Crippen LogP contribution in [-0.2, 0) is 9.78 Å². The Labute approximate surface area is 125 Å². The maximum absolute atomic E-state index is 10.4. The van der Waals surface area contributed by atoms with Gasteiger partial charge in [0.1, 0.15) is 5.60 Å². The third kappa shape index (κ3) is 6.74. The van der Waals surface area contributed by atoms with Gasteiger partial charge in [-0.3, -0.25) is 0 Å². The van der Waals surface area contributed by atoms with Crippen molar-refractivity contribution < 1.29 is 14.9 Å². The molecule has 0 aromatic carbocycles. The highest BCUT2D eigenvalue weighted by Gasteiger charge is 2.34. The van der Waals surface area contributed by atoms with Crippen molar-refractivity contribution in [2.75, 3.05) is 0 Å². The van der Waals surface area contributed by atoms with Crippen molar-refractivity contribution in [3.63, 3.8) is 0 Å². The SMILES string of the molecule is CCCC(C)(C)OOC(C)(C)C#C[C@@](C)(O)C(C)(C)C. The first kappa shape index (κ1) is 19.4. The molecule has 3 nitrogen and oxygen atoms in total. The molecule has 0 saturated carbocycles. The zero-order chi connectivity index (χ0) is 16.2. The highest BCUT2D eigenvalue weighted by molar-refractivity contribution is 5.21.